The summed E-state index contributed by atoms with van der Waals surface area (Å²) in [5.74, 6) is -0.684. The number of carbonyl (C=O) groups is 1. The Hall–Kier alpha value is -3.03. The van der Waals surface area contributed by atoms with Gasteiger partial charge in [0.1, 0.15) is 0 Å². The third-order valence-corrected chi connectivity index (χ3v) is 3.78. The topological polar surface area (TPSA) is 26.3 Å². The van der Waals surface area contributed by atoms with E-state index in [1.165, 1.54) is 24.3 Å². The number of rotatable bonds is 5. The van der Waals surface area contributed by atoms with Gasteiger partial charge in [-0.3, -0.25) is 0 Å². The molecule has 0 atom stereocenters. The Morgan fingerprint density at radius 1 is 0.897 bits per heavy atom. The van der Waals surface area contributed by atoms with Crippen LogP contribution in [0.5, 0.6) is 0 Å². The van der Waals surface area contributed by atoms with Crippen LogP contribution in [0, 0.1) is 0 Å². The molecule has 0 heterocycles. The molecule has 0 fully saturated rings. The number of benzene rings is 2. The highest BCUT2D eigenvalue weighted by Crippen LogP contribution is 2.35. The first-order valence-electron chi connectivity index (χ1n) is 8.42. The molecule has 2 rings (SSSR count). The van der Waals surface area contributed by atoms with Gasteiger partial charge in [0.25, 0.3) is 0 Å². The second-order valence-electron chi connectivity index (χ2n) is 5.85. The first-order valence-corrected chi connectivity index (χ1v) is 8.42. The second-order valence-corrected chi connectivity index (χ2v) is 5.85. The van der Waals surface area contributed by atoms with Crippen LogP contribution in [0.3, 0.4) is 0 Å². The lowest BCUT2D eigenvalue weighted by Crippen LogP contribution is -2.06. The van der Waals surface area contributed by atoms with Gasteiger partial charge >= 0.3 is 18.3 Å². The van der Waals surface area contributed by atoms with Crippen LogP contribution in [-0.2, 0) is 21.9 Å². The lowest BCUT2D eigenvalue weighted by molar-refractivity contribution is -0.138. The van der Waals surface area contributed by atoms with Crippen molar-refractivity contribution in [3.63, 3.8) is 0 Å². The second kappa shape index (κ2) is 8.98. The molecule has 0 spiro atoms. The van der Waals surface area contributed by atoms with E-state index in [4.69, 9.17) is 4.74 Å². The van der Waals surface area contributed by atoms with E-state index in [-0.39, 0.29) is 23.3 Å². The summed E-state index contributed by atoms with van der Waals surface area (Å²) in [5, 5.41) is 0. The number of alkyl halides is 6. The monoisotopic (exact) mass is 414 g/mol. The van der Waals surface area contributed by atoms with Gasteiger partial charge in [0.05, 0.1) is 17.7 Å². The molecule has 0 saturated heterocycles. The highest BCUT2D eigenvalue weighted by Gasteiger charge is 2.32. The van der Waals surface area contributed by atoms with Crippen LogP contribution in [0.2, 0.25) is 0 Å². The van der Waals surface area contributed by atoms with E-state index in [2.05, 4.69) is 0 Å². The number of hydrogen-bond acceptors (Lipinski definition) is 2. The van der Waals surface area contributed by atoms with Gasteiger partial charge < -0.3 is 4.74 Å². The normalized spacial score (nSPS) is 12.1. The molecule has 154 valence electrons. The van der Waals surface area contributed by atoms with E-state index < -0.39 is 29.4 Å². The Morgan fingerprint density at radius 3 is 1.79 bits per heavy atom. The minimum atomic E-state index is -4.62. The maximum absolute atomic E-state index is 13.1. The van der Waals surface area contributed by atoms with Gasteiger partial charge in [0.15, 0.2) is 0 Å². The van der Waals surface area contributed by atoms with Crippen molar-refractivity contribution in [1.82, 2.24) is 0 Å². The predicted molar refractivity (Wildman–Crippen MR) is 95.7 cm³/mol. The lowest BCUT2D eigenvalue weighted by atomic mass is 9.94. The summed E-state index contributed by atoms with van der Waals surface area (Å²) in [6.45, 7) is 1.72. The van der Waals surface area contributed by atoms with Crippen molar-refractivity contribution in [2.24, 2.45) is 0 Å². The van der Waals surface area contributed by atoms with E-state index in [1.807, 2.05) is 0 Å². The van der Waals surface area contributed by atoms with Gasteiger partial charge in [-0.25, -0.2) is 4.79 Å². The lowest BCUT2D eigenvalue weighted by Gasteiger charge is -2.14. The standard InChI is InChI=1S/C21H16F6O2/c1-2-29-19(28)11-5-10-18(14-6-3-8-16(12-14)20(22,23)24)15-7-4-9-17(13-15)21(25,26)27/h3-13H,2H2,1H3/b11-5+. The minimum absolute atomic E-state index is 0.0488. The summed E-state index contributed by atoms with van der Waals surface area (Å²) in [6.07, 6.45) is -5.72. The summed E-state index contributed by atoms with van der Waals surface area (Å²) in [5.41, 5.74) is -1.70. The molecule has 2 aromatic carbocycles. The van der Waals surface area contributed by atoms with Crippen LogP contribution in [0.4, 0.5) is 26.3 Å². The molecule has 0 aliphatic carbocycles. The molecule has 0 N–H and O–H groups in total. The van der Waals surface area contributed by atoms with E-state index in [9.17, 15) is 31.1 Å². The highest BCUT2D eigenvalue weighted by atomic mass is 19.4. The fraction of sp³-hybridized carbons (Fsp3) is 0.190. The molecule has 0 bridgehead atoms. The Morgan fingerprint density at radius 2 is 1.38 bits per heavy atom. The molecular weight excluding hydrogens is 398 g/mol. The highest BCUT2D eigenvalue weighted by molar-refractivity contribution is 5.85. The molecule has 0 aliphatic rings. The maximum Gasteiger partial charge on any atom is 0.416 e. The average Bonchev–Trinajstić information content (AvgIpc) is 2.64. The number of hydrogen-bond donors (Lipinski definition) is 0. The fourth-order valence-electron chi connectivity index (χ4n) is 2.50. The largest absolute Gasteiger partial charge is 0.463 e. The van der Waals surface area contributed by atoms with Crippen molar-refractivity contribution in [2.75, 3.05) is 6.61 Å². The molecule has 0 amide bonds. The van der Waals surface area contributed by atoms with Gasteiger partial charge in [-0.05, 0) is 47.9 Å². The fourth-order valence-corrected chi connectivity index (χ4v) is 2.50. The van der Waals surface area contributed by atoms with Crippen molar-refractivity contribution >= 4 is 11.5 Å². The first-order chi connectivity index (χ1) is 13.5. The molecule has 0 saturated carbocycles. The quantitative estimate of drug-likeness (QED) is 0.249. The minimum Gasteiger partial charge on any atom is -0.463 e. The van der Waals surface area contributed by atoms with E-state index in [0.717, 1.165) is 42.5 Å². The third-order valence-electron chi connectivity index (χ3n) is 3.78. The molecule has 0 unspecified atom stereocenters. The number of esters is 1. The van der Waals surface area contributed by atoms with Gasteiger partial charge in [-0.1, -0.05) is 36.4 Å². The van der Waals surface area contributed by atoms with Crippen molar-refractivity contribution in [1.29, 1.82) is 0 Å². The van der Waals surface area contributed by atoms with Gasteiger partial charge in [0, 0.05) is 6.08 Å². The predicted octanol–water partition coefficient (Wildman–Crippen LogP) is 6.28. The van der Waals surface area contributed by atoms with Crippen molar-refractivity contribution in [2.45, 2.75) is 19.3 Å². The maximum atomic E-state index is 13.1. The van der Waals surface area contributed by atoms with Gasteiger partial charge in [-0.15, -0.1) is 0 Å². The Labute approximate surface area is 163 Å². The van der Waals surface area contributed by atoms with E-state index >= 15 is 0 Å². The Kier molecular flexibility index (Phi) is 6.89. The Bertz CT molecular complexity index is 864. The summed E-state index contributed by atoms with van der Waals surface area (Å²) in [6, 6.07) is 8.42. The molecule has 2 nitrogen and oxygen atoms in total. The molecule has 0 radical (unpaired) electrons. The number of allylic oxidation sites excluding steroid dienone is 2. The summed E-state index contributed by atoms with van der Waals surface area (Å²) in [7, 11) is 0. The number of ether oxygens (including phenoxy) is 1. The smallest absolute Gasteiger partial charge is 0.416 e. The summed E-state index contributed by atoms with van der Waals surface area (Å²) in [4.78, 5) is 11.4. The first kappa shape index (κ1) is 22.3. The van der Waals surface area contributed by atoms with Crippen LogP contribution in [0.15, 0.2) is 66.8 Å². The number of carbonyl (C=O) groups excluding carboxylic acids is 1. The average molecular weight is 414 g/mol. The summed E-state index contributed by atoms with van der Waals surface area (Å²) >= 11 is 0. The van der Waals surface area contributed by atoms with Crippen molar-refractivity contribution < 1.29 is 35.9 Å². The van der Waals surface area contributed by atoms with Crippen molar-refractivity contribution in [3.05, 3.63) is 89.0 Å². The third kappa shape index (κ3) is 6.23. The van der Waals surface area contributed by atoms with Gasteiger partial charge in [0.2, 0.25) is 0 Å². The van der Waals surface area contributed by atoms with E-state index in [0.29, 0.717) is 0 Å². The van der Waals surface area contributed by atoms with Crippen LogP contribution < -0.4 is 0 Å². The molecule has 0 aromatic heterocycles. The van der Waals surface area contributed by atoms with Crippen LogP contribution in [0.1, 0.15) is 29.2 Å². The zero-order chi connectivity index (χ0) is 21.7. The van der Waals surface area contributed by atoms with Crippen LogP contribution in [-0.4, -0.2) is 12.6 Å². The Balaban J connectivity index is 2.57. The molecule has 0 aliphatic heterocycles. The molecule has 2 aromatic rings. The summed E-state index contributed by atoms with van der Waals surface area (Å²) < 4.78 is 83.0. The molecular formula is C21H16F6O2. The van der Waals surface area contributed by atoms with Gasteiger partial charge in [-0.2, -0.15) is 26.3 Å². The zero-order valence-corrected chi connectivity index (χ0v) is 15.1. The zero-order valence-electron chi connectivity index (χ0n) is 15.1. The molecule has 29 heavy (non-hydrogen) atoms. The van der Waals surface area contributed by atoms with Crippen molar-refractivity contribution in [3.8, 4) is 0 Å². The number of halogens is 6. The molecule has 8 heteroatoms. The van der Waals surface area contributed by atoms with Crippen LogP contribution >= 0.6 is 0 Å². The SMILES string of the molecule is CCOC(=O)/C=C/C=C(c1cccc(C(F)(F)F)c1)c1cccc(C(F)(F)F)c1. The van der Waals surface area contributed by atoms with E-state index in [1.54, 1.807) is 6.92 Å². The van der Waals surface area contributed by atoms with Crippen LogP contribution in [0.25, 0.3) is 5.57 Å².